The van der Waals surface area contributed by atoms with Crippen LogP contribution in [0.1, 0.15) is 19.1 Å². The molecule has 14 heteroatoms. The van der Waals surface area contributed by atoms with Crippen molar-refractivity contribution in [3.05, 3.63) is 53.1 Å². The molecular weight excluding hydrogens is 475 g/mol. The van der Waals surface area contributed by atoms with Gasteiger partial charge in [-0.25, -0.2) is 18.1 Å². The molecule has 0 bridgehead atoms. The number of carbonyl (C=O) groups is 1. The van der Waals surface area contributed by atoms with Crippen molar-refractivity contribution in [2.24, 2.45) is 0 Å². The summed E-state index contributed by atoms with van der Waals surface area (Å²) in [5.74, 6) is -3.64. The lowest BCUT2D eigenvalue weighted by Crippen LogP contribution is -2.37. The first-order valence-corrected chi connectivity index (χ1v) is 12.0. The summed E-state index contributed by atoms with van der Waals surface area (Å²) in [6.45, 7) is -0.0943. The van der Waals surface area contributed by atoms with Crippen molar-refractivity contribution in [2.75, 3.05) is 25.9 Å². The lowest BCUT2D eigenvalue weighted by molar-refractivity contribution is -0.128. The molecule has 4 unspecified atom stereocenters. The smallest absolute Gasteiger partial charge is 0.413 e. The highest BCUT2D eigenvalue weighted by Crippen LogP contribution is 2.48. The Kier molecular flexibility index (Phi) is 6.72. The fourth-order valence-electron chi connectivity index (χ4n) is 3.73. The van der Waals surface area contributed by atoms with Crippen LogP contribution >= 0.6 is 7.75 Å². The second-order valence-electron chi connectivity index (χ2n) is 8.05. The summed E-state index contributed by atoms with van der Waals surface area (Å²) < 4.78 is 59.8. The molecule has 4 rings (SSSR count). The van der Waals surface area contributed by atoms with Gasteiger partial charge in [0.2, 0.25) is 12.1 Å². The van der Waals surface area contributed by atoms with Gasteiger partial charge in [0, 0.05) is 26.2 Å². The predicted octanol–water partition coefficient (Wildman–Crippen LogP) is 1.77. The van der Waals surface area contributed by atoms with Crippen LogP contribution in [0.3, 0.4) is 0 Å². The number of ether oxygens (including phenoxy) is 1. The number of halogens is 2. The van der Waals surface area contributed by atoms with Crippen molar-refractivity contribution in [1.29, 1.82) is 0 Å². The number of carbonyl (C=O) groups excluding carboxylic acids is 1. The maximum atomic E-state index is 14.6. The summed E-state index contributed by atoms with van der Waals surface area (Å²) in [7, 11) is -2.57. The van der Waals surface area contributed by atoms with E-state index in [-0.39, 0.29) is 17.5 Å². The molecule has 2 aliphatic heterocycles. The molecule has 0 saturated carbocycles. The summed E-state index contributed by atoms with van der Waals surface area (Å²) in [4.78, 5) is 29.2. The number of para-hydroxylation sites is 1. The second-order valence-corrected chi connectivity index (χ2v) is 9.74. The van der Waals surface area contributed by atoms with Gasteiger partial charge in [-0.1, -0.05) is 18.2 Å². The third-order valence-corrected chi connectivity index (χ3v) is 7.00. The third-order valence-electron chi connectivity index (χ3n) is 5.43. The fraction of sp³-hybridized carbons (Fsp3) is 0.450. The molecule has 11 nitrogen and oxygen atoms in total. The normalized spacial score (nSPS) is 25.9. The van der Waals surface area contributed by atoms with Crippen LogP contribution in [0.25, 0.3) is 0 Å². The highest BCUT2D eigenvalue weighted by atomic mass is 31.2. The molecule has 0 aliphatic carbocycles. The fourth-order valence-corrected chi connectivity index (χ4v) is 5.29. The topological polar surface area (TPSA) is 138 Å². The number of nitrogen functional groups attached to an aromatic ring is 1. The minimum absolute atomic E-state index is 0.111. The number of aromatic nitrogens is 2. The summed E-state index contributed by atoms with van der Waals surface area (Å²) in [6.07, 6.45) is -2.52. The number of anilines is 1. The van der Waals surface area contributed by atoms with Gasteiger partial charge in [-0.05, 0) is 24.6 Å². The Bertz CT molecular complexity index is 1150. The number of likely N-dealkylation sites (N-methyl/N-ethyl adjacent to an activating group) is 1. The highest BCUT2D eigenvalue weighted by molar-refractivity contribution is 7.52. The number of nitrogens with one attached hydrogen (secondary N) is 1. The van der Waals surface area contributed by atoms with Gasteiger partial charge in [-0.2, -0.15) is 10.1 Å². The number of hydrogen-bond acceptors (Lipinski definition) is 8. The molecule has 1 aromatic heterocycles. The zero-order chi connectivity index (χ0) is 24.5. The molecule has 0 spiro atoms. The minimum Gasteiger partial charge on any atom is -0.413 e. The Morgan fingerprint density at radius 3 is 2.68 bits per heavy atom. The van der Waals surface area contributed by atoms with Crippen molar-refractivity contribution in [2.45, 2.75) is 37.1 Å². The summed E-state index contributed by atoms with van der Waals surface area (Å²) in [5, 5.41) is 2.62. The van der Waals surface area contributed by atoms with Gasteiger partial charge >= 0.3 is 13.4 Å². The number of benzene rings is 1. The number of likely N-dealkylation sites (tertiary alicyclic amines) is 1. The van der Waals surface area contributed by atoms with Gasteiger partial charge in [0.1, 0.15) is 11.6 Å². The van der Waals surface area contributed by atoms with Crippen LogP contribution in [0.5, 0.6) is 5.75 Å². The van der Waals surface area contributed by atoms with Gasteiger partial charge < -0.3 is 19.9 Å². The number of rotatable bonds is 8. The number of nitrogens with two attached hydrogens (primary N) is 1. The van der Waals surface area contributed by atoms with Crippen molar-refractivity contribution in [3.8, 4) is 5.75 Å². The van der Waals surface area contributed by atoms with E-state index >= 15 is 0 Å². The number of alkyl halides is 2. The molecule has 0 radical (unpaired) electrons. The van der Waals surface area contributed by atoms with E-state index in [1.165, 1.54) is 23.1 Å². The molecule has 1 amide bonds. The first-order chi connectivity index (χ1) is 16.1. The van der Waals surface area contributed by atoms with Gasteiger partial charge in [-0.15, -0.1) is 0 Å². The summed E-state index contributed by atoms with van der Waals surface area (Å²) in [6, 6.07) is 8.48. The number of amides is 1. The van der Waals surface area contributed by atoms with E-state index in [9.17, 15) is 22.9 Å². The van der Waals surface area contributed by atoms with E-state index in [1.54, 1.807) is 25.2 Å². The monoisotopic (exact) mass is 499 g/mol. The maximum Gasteiger partial charge on any atom is 0.459 e. The molecule has 2 aromatic rings. The molecular formula is C20H24F2N5O6P. The van der Waals surface area contributed by atoms with Gasteiger partial charge in [0.25, 0.3) is 5.92 Å². The Balaban J connectivity index is 1.49. The Morgan fingerprint density at radius 2 is 2.03 bits per heavy atom. The van der Waals surface area contributed by atoms with Crippen LogP contribution < -0.4 is 21.0 Å². The van der Waals surface area contributed by atoms with E-state index in [1.807, 2.05) is 0 Å². The van der Waals surface area contributed by atoms with E-state index in [0.717, 1.165) is 6.20 Å². The zero-order valence-corrected chi connectivity index (χ0v) is 19.1. The van der Waals surface area contributed by atoms with Gasteiger partial charge in [0.15, 0.2) is 0 Å². The molecule has 1 aromatic carbocycles. The predicted molar refractivity (Wildman–Crippen MR) is 116 cm³/mol. The number of hydrogen-bond donors (Lipinski definition) is 2. The van der Waals surface area contributed by atoms with E-state index in [2.05, 4.69) is 10.1 Å². The Labute approximate surface area is 193 Å². The summed E-state index contributed by atoms with van der Waals surface area (Å²) in [5.41, 5.74) is 4.42. The summed E-state index contributed by atoms with van der Waals surface area (Å²) >= 11 is 0. The van der Waals surface area contributed by atoms with Gasteiger partial charge in [0.05, 0.1) is 18.8 Å². The Hall–Kier alpha value is -2.86. The molecule has 3 N–H and O–H groups in total. The average molecular weight is 499 g/mol. The lowest BCUT2D eigenvalue weighted by Gasteiger charge is -2.24. The zero-order valence-electron chi connectivity index (χ0n) is 18.2. The molecule has 2 aliphatic rings. The van der Waals surface area contributed by atoms with Crippen LogP contribution in [0.15, 0.2) is 47.4 Å². The number of nitrogens with zero attached hydrogens (tertiary/aromatic N) is 3. The highest BCUT2D eigenvalue weighted by Gasteiger charge is 2.52. The van der Waals surface area contributed by atoms with Crippen molar-refractivity contribution in [3.63, 3.8) is 0 Å². The van der Waals surface area contributed by atoms with E-state index in [4.69, 9.17) is 19.5 Å². The third kappa shape index (κ3) is 5.27. The molecule has 34 heavy (non-hydrogen) atoms. The van der Waals surface area contributed by atoms with Crippen molar-refractivity contribution < 1.29 is 31.9 Å². The van der Waals surface area contributed by atoms with Crippen molar-refractivity contribution >= 4 is 19.5 Å². The molecule has 2 saturated heterocycles. The molecule has 4 atom stereocenters. The first-order valence-electron chi connectivity index (χ1n) is 10.5. The van der Waals surface area contributed by atoms with Crippen LogP contribution in [-0.2, 0) is 18.6 Å². The molecule has 3 heterocycles. The maximum absolute atomic E-state index is 14.6. The largest absolute Gasteiger partial charge is 0.459 e. The molecule has 2 fully saturated rings. The van der Waals surface area contributed by atoms with Crippen LogP contribution in [-0.4, -0.2) is 58.6 Å². The lowest BCUT2D eigenvalue weighted by atomic mass is 10.2. The van der Waals surface area contributed by atoms with Crippen LogP contribution in [0.4, 0.5) is 14.6 Å². The average Bonchev–Trinajstić information content (AvgIpc) is 3.25. The van der Waals surface area contributed by atoms with Crippen LogP contribution in [0, 0.1) is 0 Å². The van der Waals surface area contributed by atoms with E-state index < -0.39 is 50.8 Å². The minimum atomic E-state index is -4.18. The van der Waals surface area contributed by atoms with E-state index in [0.29, 0.717) is 17.5 Å². The quantitative estimate of drug-likeness (QED) is 0.521. The molecule has 184 valence electrons. The van der Waals surface area contributed by atoms with Gasteiger partial charge in [-0.3, -0.25) is 13.9 Å². The SMILES string of the molecule is CN1CCC(NP(=O)(OCC2CC(F)(F)C(n3ccc(N)nc3=O)O2)Oc2ccccc2)C1=O. The Morgan fingerprint density at radius 1 is 1.29 bits per heavy atom. The van der Waals surface area contributed by atoms with Crippen molar-refractivity contribution in [1.82, 2.24) is 19.5 Å². The first kappa shape index (κ1) is 24.3. The second kappa shape index (κ2) is 9.41. The van der Waals surface area contributed by atoms with Crippen LogP contribution in [0.2, 0.25) is 0 Å². The standard InChI is InChI=1S/C20H24F2N5O6P/c1-26-9-7-15(17(26)28)25-34(30,33-13-5-3-2-4-6-13)31-12-14-11-20(21,22)18(32-14)27-10-8-16(23)24-19(27)29/h2-6,8,10,14-15,18H,7,9,11-12H2,1H3,(H,25,30)(H2,23,24,29).